The Morgan fingerprint density at radius 3 is 2.35 bits per heavy atom. The lowest BCUT2D eigenvalue weighted by Gasteiger charge is -2.38. The van der Waals surface area contributed by atoms with Gasteiger partial charge in [-0.3, -0.25) is 4.79 Å². The summed E-state index contributed by atoms with van der Waals surface area (Å²) in [6.07, 6.45) is 3.57. The smallest absolute Gasteiger partial charge is 0.251 e. The molecule has 20 heavy (non-hydrogen) atoms. The summed E-state index contributed by atoms with van der Waals surface area (Å²) in [5.41, 5.74) is -0.473. The van der Waals surface area contributed by atoms with Crippen molar-refractivity contribution in [3.05, 3.63) is 35.4 Å². The summed E-state index contributed by atoms with van der Waals surface area (Å²) in [7, 11) is 0. The van der Waals surface area contributed by atoms with Gasteiger partial charge in [-0.15, -0.1) is 11.6 Å². The summed E-state index contributed by atoms with van der Waals surface area (Å²) in [4.78, 5) is 12.2. The van der Waals surface area contributed by atoms with E-state index in [1.54, 1.807) is 0 Å². The molecular formula is C15H18ClF2NO. The highest BCUT2D eigenvalue weighted by Gasteiger charge is 2.35. The van der Waals surface area contributed by atoms with E-state index in [1.807, 2.05) is 0 Å². The van der Waals surface area contributed by atoms with Crippen LogP contribution in [0.4, 0.5) is 8.78 Å². The zero-order valence-corrected chi connectivity index (χ0v) is 12.1. The van der Waals surface area contributed by atoms with Crippen molar-refractivity contribution in [2.45, 2.75) is 38.1 Å². The molecule has 2 nitrogen and oxygen atoms in total. The second kappa shape index (κ2) is 6.08. The minimum Gasteiger partial charge on any atom is -0.345 e. The van der Waals surface area contributed by atoms with Crippen LogP contribution in [0.25, 0.3) is 0 Å². The fourth-order valence-electron chi connectivity index (χ4n) is 2.60. The van der Waals surface area contributed by atoms with Crippen molar-refractivity contribution in [1.82, 2.24) is 5.32 Å². The molecule has 0 radical (unpaired) electrons. The molecule has 0 aliphatic heterocycles. The molecule has 0 atom stereocenters. The average molecular weight is 302 g/mol. The van der Waals surface area contributed by atoms with Crippen molar-refractivity contribution in [3.8, 4) is 0 Å². The Hall–Kier alpha value is -1.16. The summed E-state index contributed by atoms with van der Waals surface area (Å²) in [6, 6.07) is 2.81. The molecule has 1 N–H and O–H groups in total. The molecule has 1 aliphatic rings. The number of carbonyl (C=O) groups excluding carboxylic acids is 1. The van der Waals surface area contributed by atoms with E-state index in [0.717, 1.165) is 43.9 Å². The molecule has 110 valence electrons. The molecule has 1 saturated carbocycles. The number of carbonyl (C=O) groups is 1. The van der Waals surface area contributed by atoms with Gasteiger partial charge in [0.2, 0.25) is 0 Å². The van der Waals surface area contributed by atoms with Gasteiger partial charge in [0.05, 0.1) is 5.54 Å². The number of alkyl halides is 1. The van der Waals surface area contributed by atoms with E-state index in [9.17, 15) is 13.6 Å². The van der Waals surface area contributed by atoms with E-state index >= 15 is 0 Å². The molecule has 0 bridgehead atoms. The normalized spacial score (nSPS) is 26.3. The molecule has 5 heteroatoms. The summed E-state index contributed by atoms with van der Waals surface area (Å²) in [5.74, 6) is -1.06. The SMILES string of the molecule is CC1CCC(CCl)(NC(=O)c2cc(F)cc(F)c2)CC1. The number of amides is 1. The quantitative estimate of drug-likeness (QED) is 0.843. The molecular weight excluding hydrogens is 284 g/mol. The largest absolute Gasteiger partial charge is 0.345 e. The first-order chi connectivity index (χ1) is 9.44. The molecule has 0 aromatic heterocycles. The van der Waals surface area contributed by atoms with Crippen LogP contribution in [-0.4, -0.2) is 17.3 Å². The maximum Gasteiger partial charge on any atom is 0.251 e. The molecule has 0 unspecified atom stereocenters. The third-order valence-corrected chi connectivity index (χ3v) is 4.50. The van der Waals surface area contributed by atoms with Gasteiger partial charge in [-0.05, 0) is 43.7 Å². The summed E-state index contributed by atoms with van der Waals surface area (Å²) < 4.78 is 26.3. The fraction of sp³-hybridized carbons (Fsp3) is 0.533. The third-order valence-electron chi connectivity index (χ3n) is 3.99. The van der Waals surface area contributed by atoms with Crippen molar-refractivity contribution in [2.75, 3.05) is 5.88 Å². The first-order valence-electron chi connectivity index (χ1n) is 6.79. The van der Waals surface area contributed by atoms with Gasteiger partial charge in [0.15, 0.2) is 0 Å². The summed E-state index contributed by atoms with van der Waals surface area (Å²) >= 11 is 6.02. The maximum atomic E-state index is 13.1. The van der Waals surface area contributed by atoms with E-state index in [-0.39, 0.29) is 5.56 Å². The maximum absolute atomic E-state index is 13.1. The molecule has 1 aromatic carbocycles. The second-order valence-electron chi connectivity index (χ2n) is 5.71. The van der Waals surface area contributed by atoms with Crippen molar-refractivity contribution < 1.29 is 13.6 Å². The van der Waals surface area contributed by atoms with Crippen molar-refractivity contribution in [1.29, 1.82) is 0 Å². The second-order valence-corrected chi connectivity index (χ2v) is 5.98. The number of hydrogen-bond acceptors (Lipinski definition) is 1. The number of benzene rings is 1. The predicted molar refractivity (Wildman–Crippen MR) is 74.9 cm³/mol. The Kier molecular flexibility index (Phi) is 4.63. The van der Waals surface area contributed by atoms with Crippen LogP contribution in [0.5, 0.6) is 0 Å². The van der Waals surface area contributed by atoms with Crippen molar-refractivity contribution >= 4 is 17.5 Å². The number of halogens is 3. The van der Waals surface area contributed by atoms with Gasteiger partial charge < -0.3 is 5.32 Å². The van der Waals surface area contributed by atoms with Crippen LogP contribution >= 0.6 is 11.6 Å². The highest BCUT2D eigenvalue weighted by molar-refractivity contribution is 6.19. The molecule has 0 spiro atoms. The van der Waals surface area contributed by atoms with Crippen LogP contribution in [0.2, 0.25) is 0 Å². The Labute approximate surface area is 122 Å². The van der Waals surface area contributed by atoms with Crippen LogP contribution in [0.3, 0.4) is 0 Å². The molecule has 1 amide bonds. The lowest BCUT2D eigenvalue weighted by Crippen LogP contribution is -2.52. The van der Waals surface area contributed by atoms with Crippen LogP contribution in [0.1, 0.15) is 43.0 Å². The van der Waals surface area contributed by atoms with E-state index < -0.39 is 23.1 Å². The van der Waals surface area contributed by atoms with Gasteiger partial charge in [0, 0.05) is 17.5 Å². The lowest BCUT2D eigenvalue weighted by atomic mass is 9.78. The summed E-state index contributed by atoms with van der Waals surface area (Å²) in [6.45, 7) is 2.17. The van der Waals surface area contributed by atoms with Gasteiger partial charge in [-0.1, -0.05) is 6.92 Å². The van der Waals surface area contributed by atoms with Crippen molar-refractivity contribution in [2.24, 2.45) is 5.92 Å². The third kappa shape index (κ3) is 3.48. The van der Waals surface area contributed by atoms with E-state index in [1.165, 1.54) is 0 Å². The molecule has 1 aromatic rings. The lowest BCUT2D eigenvalue weighted by molar-refractivity contribution is 0.0871. The van der Waals surface area contributed by atoms with Crippen molar-refractivity contribution in [3.63, 3.8) is 0 Å². The van der Waals surface area contributed by atoms with Crippen LogP contribution < -0.4 is 5.32 Å². The first kappa shape index (κ1) is 15.2. The Morgan fingerprint density at radius 2 is 1.85 bits per heavy atom. The Morgan fingerprint density at radius 1 is 1.30 bits per heavy atom. The monoisotopic (exact) mass is 301 g/mol. The van der Waals surface area contributed by atoms with Crippen LogP contribution in [0.15, 0.2) is 18.2 Å². The highest BCUT2D eigenvalue weighted by atomic mass is 35.5. The van der Waals surface area contributed by atoms with Gasteiger partial charge in [-0.25, -0.2) is 8.78 Å². The van der Waals surface area contributed by atoms with Gasteiger partial charge in [-0.2, -0.15) is 0 Å². The summed E-state index contributed by atoms with van der Waals surface area (Å²) in [5, 5.41) is 2.87. The zero-order chi connectivity index (χ0) is 14.8. The molecule has 2 rings (SSSR count). The number of nitrogens with one attached hydrogen (secondary N) is 1. The molecule has 1 aliphatic carbocycles. The molecule has 1 fully saturated rings. The van der Waals surface area contributed by atoms with E-state index in [2.05, 4.69) is 12.2 Å². The van der Waals surface area contributed by atoms with E-state index in [0.29, 0.717) is 11.8 Å². The van der Waals surface area contributed by atoms with Gasteiger partial charge in [0.25, 0.3) is 5.91 Å². The predicted octanol–water partition coefficient (Wildman–Crippen LogP) is 3.88. The Bertz CT molecular complexity index is 478. The van der Waals surface area contributed by atoms with Crippen LogP contribution in [0, 0.1) is 17.6 Å². The molecule has 0 heterocycles. The van der Waals surface area contributed by atoms with Crippen LogP contribution in [-0.2, 0) is 0 Å². The minimum absolute atomic E-state index is 0.00869. The highest BCUT2D eigenvalue weighted by Crippen LogP contribution is 2.33. The number of rotatable bonds is 3. The molecule has 0 saturated heterocycles. The topological polar surface area (TPSA) is 29.1 Å². The van der Waals surface area contributed by atoms with Gasteiger partial charge in [0.1, 0.15) is 11.6 Å². The fourth-order valence-corrected chi connectivity index (χ4v) is 2.94. The zero-order valence-electron chi connectivity index (χ0n) is 11.4. The van der Waals surface area contributed by atoms with E-state index in [4.69, 9.17) is 11.6 Å². The average Bonchev–Trinajstić information content (AvgIpc) is 2.40. The minimum atomic E-state index is -0.757. The number of hydrogen-bond donors (Lipinski definition) is 1. The van der Waals surface area contributed by atoms with Gasteiger partial charge >= 0.3 is 0 Å². The first-order valence-corrected chi connectivity index (χ1v) is 7.32. The Balaban J connectivity index is 2.13. The standard InChI is InChI=1S/C15H18ClF2NO/c1-10-2-4-15(9-16,5-3-10)19-14(20)11-6-12(17)8-13(18)7-11/h6-8,10H,2-5,9H2,1H3,(H,19,20).